The molecule has 2 N–H and O–H groups in total. The summed E-state index contributed by atoms with van der Waals surface area (Å²) in [6.07, 6.45) is 3.28. The van der Waals surface area contributed by atoms with Crippen LogP contribution in [-0.2, 0) is 0 Å². The zero-order valence-electron chi connectivity index (χ0n) is 9.93. The van der Waals surface area contributed by atoms with Gasteiger partial charge in [-0.25, -0.2) is 9.97 Å². The minimum atomic E-state index is -0.486. The molecule has 8 heteroatoms. The summed E-state index contributed by atoms with van der Waals surface area (Å²) in [5.41, 5.74) is -0.122. The molecule has 0 fully saturated rings. The molecule has 7 nitrogen and oxygen atoms in total. The zero-order valence-corrected chi connectivity index (χ0v) is 10.7. The first-order valence-corrected chi connectivity index (χ1v) is 6.42. The van der Waals surface area contributed by atoms with E-state index < -0.39 is 4.92 Å². The molecule has 0 saturated carbocycles. The van der Waals surface area contributed by atoms with Crippen molar-refractivity contribution in [2.75, 3.05) is 29.7 Å². The fourth-order valence-electron chi connectivity index (χ4n) is 1.37. The van der Waals surface area contributed by atoms with Crippen LogP contribution in [0.15, 0.2) is 6.33 Å². The van der Waals surface area contributed by atoms with Crippen molar-refractivity contribution in [2.45, 2.75) is 13.0 Å². The predicted octanol–water partition coefficient (Wildman–Crippen LogP) is 1.59. The average molecular weight is 257 g/mol. The Balaban J connectivity index is 3.02. The summed E-state index contributed by atoms with van der Waals surface area (Å²) in [5.74, 6) is 1.30. The van der Waals surface area contributed by atoms with E-state index in [4.69, 9.17) is 0 Å². The van der Waals surface area contributed by atoms with Crippen molar-refractivity contribution in [1.29, 1.82) is 0 Å². The van der Waals surface area contributed by atoms with Gasteiger partial charge in [0.25, 0.3) is 0 Å². The van der Waals surface area contributed by atoms with Crippen LogP contribution in [0.3, 0.4) is 0 Å². The second-order valence-corrected chi connectivity index (χ2v) is 4.34. The first kappa shape index (κ1) is 13.5. The second kappa shape index (κ2) is 6.24. The molecule has 17 heavy (non-hydrogen) atoms. The smallest absolute Gasteiger partial charge is 0.353 e. The quantitative estimate of drug-likeness (QED) is 0.590. The van der Waals surface area contributed by atoms with E-state index in [-0.39, 0.29) is 23.4 Å². The number of hydrogen-bond donors (Lipinski definition) is 2. The van der Waals surface area contributed by atoms with E-state index >= 15 is 0 Å². The van der Waals surface area contributed by atoms with Crippen molar-refractivity contribution < 1.29 is 4.92 Å². The highest BCUT2D eigenvalue weighted by Crippen LogP contribution is 2.28. The summed E-state index contributed by atoms with van der Waals surface area (Å²) in [6, 6.07) is 0.100. The molecule has 1 aromatic heterocycles. The highest BCUT2D eigenvalue weighted by molar-refractivity contribution is 7.98. The van der Waals surface area contributed by atoms with Gasteiger partial charge in [-0.1, -0.05) is 0 Å². The number of rotatable bonds is 6. The van der Waals surface area contributed by atoms with Gasteiger partial charge in [-0.15, -0.1) is 0 Å². The third kappa shape index (κ3) is 3.45. The molecule has 1 heterocycles. The minimum Gasteiger partial charge on any atom is -0.367 e. The molecule has 0 aliphatic heterocycles. The van der Waals surface area contributed by atoms with E-state index in [2.05, 4.69) is 20.6 Å². The van der Waals surface area contributed by atoms with Crippen molar-refractivity contribution >= 4 is 29.1 Å². The third-order valence-electron chi connectivity index (χ3n) is 2.04. The number of anilines is 2. The molecular weight excluding hydrogens is 242 g/mol. The van der Waals surface area contributed by atoms with E-state index in [9.17, 15) is 10.1 Å². The standard InChI is InChI=1S/C9H15N5O2S/c1-6(4-17-3)13-9-7(14(15)16)8(10-2)11-5-12-9/h5-6H,4H2,1-3H3,(H2,10,11,12,13). The van der Waals surface area contributed by atoms with Crippen LogP contribution in [0.4, 0.5) is 17.3 Å². The summed E-state index contributed by atoms with van der Waals surface area (Å²) < 4.78 is 0. The molecule has 0 bridgehead atoms. The normalized spacial score (nSPS) is 11.9. The Kier molecular flexibility index (Phi) is 4.95. The van der Waals surface area contributed by atoms with E-state index in [1.54, 1.807) is 18.8 Å². The maximum atomic E-state index is 11.0. The topological polar surface area (TPSA) is 93.0 Å². The number of nitro groups is 1. The van der Waals surface area contributed by atoms with Gasteiger partial charge in [0.15, 0.2) is 0 Å². The van der Waals surface area contributed by atoms with Crippen LogP contribution in [0.5, 0.6) is 0 Å². The number of aromatic nitrogens is 2. The maximum Gasteiger partial charge on any atom is 0.353 e. The van der Waals surface area contributed by atoms with Crippen molar-refractivity contribution in [3.8, 4) is 0 Å². The van der Waals surface area contributed by atoms with E-state index in [0.29, 0.717) is 0 Å². The molecule has 0 aliphatic carbocycles. The number of thioether (sulfide) groups is 1. The Bertz CT molecular complexity index is 401. The molecule has 0 saturated heterocycles. The predicted molar refractivity (Wildman–Crippen MR) is 69.7 cm³/mol. The Morgan fingerprint density at radius 2 is 2.18 bits per heavy atom. The van der Waals surface area contributed by atoms with Crippen LogP contribution in [0, 0.1) is 10.1 Å². The Morgan fingerprint density at radius 1 is 1.53 bits per heavy atom. The molecule has 0 radical (unpaired) electrons. The lowest BCUT2D eigenvalue weighted by molar-refractivity contribution is -0.383. The van der Waals surface area contributed by atoms with Crippen molar-refractivity contribution in [2.24, 2.45) is 0 Å². The van der Waals surface area contributed by atoms with Crippen LogP contribution in [0.25, 0.3) is 0 Å². The van der Waals surface area contributed by atoms with Gasteiger partial charge < -0.3 is 10.6 Å². The first-order valence-electron chi connectivity index (χ1n) is 5.02. The first-order chi connectivity index (χ1) is 8.10. The molecule has 94 valence electrons. The van der Waals surface area contributed by atoms with Crippen molar-refractivity contribution in [1.82, 2.24) is 9.97 Å². The van der Waals surface area contributed by atoms with Gasteiger partial charge in [0.2, 0.25) is 11.6 Å². The maximum absolute atomic E-state index is 11.0. The van der Waals surface area contributed by atoms with Gasteiger partial charge >= 0.3 is 5.69 Å². The summed E-state index contributed by atoms with van der Waals surface area (Å²) >= 11 is 1.66. The van der Waals surface area contributed by atoms with E-state index in [0.717, 1.165) is 5.75 Å². The largest absolute Gasteiger partial charge is 0.367 e. The van der Waals surface area contributed by atoms with Gasteiger partial charge in [-0.05, 0) is 13.2 Å². The molecule has 1 rings (SSSR count). The zero-order chi connectivity index (χ0) is 12.8. The summed E-state index contributed by atoms with van der Waals surface area (Å²) in [5, 5.41) is 16.7. The fraction of sp³-hybridized carbons (Fsp3) is 0.556. The number of nitrogens with zero attached hydrogens (tertiary/aromatic N) is 3. The highest BCUT2D eigenvalue weighted by Gasteiger charge is 2.22. The lowest BCUT2D eigenvalue weighted by atomic mass is 10.3. The van der Waals surface area contributed by atoms with E-state index in [1.807, 2.05) is 13.2 Å². The summed E-state index contributed by atoms with van der Waals surface area (Å²) in [6.45, 7) is 1.95. The van der Waals surface area contributed by atoms with Crippen molar-refractivity contribution in [3.63, 3.8) is 0 Å². The molecule has 0 amide bonds. The fourth-order valence-corrected chi connectivity index (χ4v) is 1.95. The van der Waals surface area contributed by atoms with Crippen LogP contribution in [-0.4, -0.2) is 40.0 Å². The molecule has 1 aromatic rings. The average Bonchev–Trinajstić information content (AvgIpc) is 2.28. The van der Waals surface area contributed by atoms with Crippen LogP contribution >= 0.6 is 11.8 Å². The molecule has 1 atom stereocenters. The van der Waals surface area contributed by atoms with Gasteiger partial charge in [-0.2, -0.15) is 11.8 Å². The highest BCUT2D eigenvalue weighted by atomic mass is 32.2. The van der Waals surface area contributed by atoms with Crippen LogP contribution in [0.2, 0.25) is 0 Å². The molecule has 0 aromatic carbocycles. The van der Waals surface area contributed by atoms with E-state index in [1.165, 1.54) is 6.33 Å². The van der Waals surface area contributed by atoms with Gasteiger partial charge in [-0.3, -0.25) is 10.1 Å². The minimum absolute atomic E-state index is 0.100. The van der Waals surface area contributed by atoms with Crippen LogP contribution < -0.4 is 10.6 Å². The van der Waals surface area contributed by atoms with Gasteiger partial charge in [0.1, 0.15) is 6.33 Å². The van der Waals surface area contributed by atoms with Gasteiger partial charge in [0.05, 0.1) is 4.92 Å². The molecule has 0 aliphatic rings. The summed E-state index contributed by atoms with van der Waals surface area (Å²) in [4.78, 5) is 18.2. The lowest BCUT2D eigenvalue weighted by Gasteiger charge is -2.13. The number of nitrogens with one attached hydrogen (secondary N) is 2. The molecule has 1 unspecified atom stereocenters. The van der Waals surface area contributed by atoms with Gasteiger partial charge in [0, 0.05) is 18.8 Å². The monoisotopic (exact) mass is 257 g/mol. The molecular formula is C9H15N5O2S. The SMILES string of the molecule is CNc1ncnc(NC(C)CSC)c1[N+](=O)[O-]. The Morgan fingerprint density at radius 3 is 2.71 bits per heavy atom. The Labute approximate surface area is 104 Å². The van der Waals surface area contributed by atoms with Crippen molar-refractivity contribution in [3.05, 3.63) is 16.4 Å². The molecule has 0 spiro atoms. The summed E-state index contributed by atoms with van der Waals surface area (Å²) in [7, 11) is 1.59. The lowest BCUT2D eigenvalue weighted by Crippen LogP contribution is -2.20. The Hall–Kier alpha value is -1.57. The third-order valence-corrected chi connectivity index (χ3v) is 2.87. The second-order valence-electron chi connectivity index (χ2n) is 3.43. The number of hydrogen-bond acceptors (Lipinski definition) is 7. The van der Waals surface area contributed by atoms with Crippen LogP contribution in [0.1, 0.15) is 6.92 Å².